The van der Waals surface area contributed by atoms with Crippen LogP contribution in [-0.4, -0.2) is 24.4 Å². The molecule has 0 heterocycles. The van der Waals surface area contributed by atoms with E-state index in [1.807, 2.05) is 36.4 Å². The van der Waals surface area contributed by atoms with Gasteiger partial charge in [-0.05, 0) is 35.9 Å². The van der Waals surface area contributed by atoms with Gasteiger partial charge in [0.05, 0.1) is 13.0 Å². The average Bonchev–Trinajstić information content (AvgIpc) is 2.79. The summed E-state index contributed by atoms with van der Waals surface area (Å²) in [6.07, 6.45) is 0.663. The Labute approximate surface area is 181 Å². The molecule has 0 bridgehead atoms. The Bertz CT molecular complexity index is 1020. The summed E-state index contributed by atoms with van der Waals surface area (Å²) in [5.41, 5.74) is 2.73. The standard InChI is InChI=1S/C25H24N2O4/c28-23(14-15-24(29)31-17-16-19-8-3-1-4-9-19)26-21-12-7-13-22(18-21)27-25(30)20-10-5-2-6-11-20/h1-13,18H,14-17H2,(H,26,28)(H,27,30). The maximum Gasteiger partial charge on any atom is 0.306 e. The molecule has 0 fully saturated rings. The smallest absolute Gasteiger partial charge is 0.306 e. The molecule has 6 nitrogen and oxygen atoms in total. The summed E-state index contributed by atoms with van der Waals surface area (Å²) in [7, 11) is 0. The number of carbonyl (C=O) groups is 3. The third kappa shape index (κ3) is 7.44. The largest absolute Gasteiger partial charge is 0.465 e. The fourth-order valence-electron chi connectivity index (χ4n) is 2.91. The Hall–Kier alpha value is -3.93. The van der Waals surface area contributed by atoms with Crippen molar-refractivity contribution in [2.24, 2.45) is 0 Å². The Balaban J connectivity index is 1.41. The summed E-state index contributed by atoms with van der Waals surface area (Å²) in [6.45, 7) is 0.285. The fourth-order valence-corrected chi connectivity index (χ4v) is 2.91. The number of rotatable bonds is 9. The quantitative estimate of drug-likeness (QED) is 0.505. The van der Waals surface area contributed by atoms with Gasteiger partial charge < -0.3 is 15.4 Å². The zero-order chi connectivity index (χ0) is 21.9. The lowest BCUT2D eigenvalue weighted by Crippen LogP contribution is -2.16. The first-order chi connectivity index (χ1) is 15.1. The second kappa shape index (κ2) is 11.3. The van der Waals surface area contributed by atoms with Crippen LogP contribution in [0, 0.1) is 0 Å². The van der Waals surface area contributed by atoms with Gasteiger partial charge in [0.15, 0.2) is 0 Å². The van der Waals surface area contributed by atoms with Gasteiger partial charge in [-0.1, -0.05) is 54.6 Å². The lowest BCUT2D eigenvalue weighted by Gasteiger charge is -2.09. The van der Waals surface area contributed by atoms with Crippen LogP contribution in [0.25, 0.3) is 0 Å². The van der Waals surface area contributed by atoms with E-state index in [2.05, 4.69) is 10.6 Å². The van der Waals surface area contributed by atoms with Gasteiger partial charge in [0.2, 0.25) is 5.91 Å². The number of hydrogen-bond donors (Lipinski definition) is 2. The number of ether oxygens (including phenoxy) is 1. The van der Waals surface area contributed by atoms with Crippen molar-refractivity contribution in [2.75, 3.05) is 17.2 Å². The van der Waals surface area contributed by atoms with Crippen molar-refractivity contribution in [2.45, 2.75) is 19.3 Å². The Morgan fingerprint density at radius 2 is 1.35 bits per heavy atom. The minimum atomic E-state index is -0.407. The van der Waals surface area contributed by atoms with E-state index >= 15 is 0 Å². The molecule has 3 aromatic rings. The molecule has 158 valence electrons. The molecule has 0 aliphatic carbocycles. The van der Waals surface area contributed by atoms with Crippen LogP contribution < -0.4 is 10.6 Å². The molecule has 3 aromatic carbocycles. The van der Waals surface area contributed by atoms with Crippen molar-refractivity contribution in [1.29, 1.82) is 0 Å². The third-order valence-electron chi connectivity index (χ3n) is 4.49. The van der Waals surface area contributed by atoms with Gasteiger partial charge in [0, 0.05) is 29.8 Å². The average molecular weight is 416 g/mol. The predicted octanol–water partition coefficient (Wildman–Crippen LogP) is 4.44. The summed E-state index contributed by atoms with van der Waals surface area (Å²) in [5, 5.41) is 5.53. The highest BCUT2D eigenvalue weighted by Gasteiger charge is 2.10. The molecule has 0 unspecified atom stereocenters. The molecular weight excluding hydrogens is 392 g/mol. The van der Waals surface area contributed by atoms with Crippen LogP contribution in [0.1, 0.15) is 28.8 Å². The van der Waals surface area contributed by atoms with Gasteiger partial charge in [-0.2, -0.15) is 0 Å². The number of hydrogen-bond acceptors (Lipinski definition) is 4. The number of anilines is 2. The molecule has 0 radical (unpaired) electrons. The first kappa shape index (κ1) is 21.8. The lowest BCUT2D eigenvalue weighted by atomic mass is 10.2. The van der Waals surface area contributed by atoms with Gasteiger partial charge in [0.25, 0.3) is 5.91 Å². The van der Waals surface area contributed by atoms with Gasteiger partial charge in [0.1, 0.15) is 0 Å². The number of nitrogens with one attached hydrogen (secondary N) is 2. The van der Waals surface area contributed by atoms with E-state index in [1.165, 1.54) is 0 Å². The zero-order valence-electron chi connectivity index (χ0n) is 17.0. The molecule has 0 saturated heterocycles. The molecule has 0 aromatic heterocycles. The van der Waals surface area contributed by atoms with E-state index in [1.54, 1.807) is 48.5 Å². The van der Waals surface area contributed by atoms with E-state index in [4.69, 9.17) is 4.74 Å². The molecule has 6 heteroatoms. The van der Waals surface area contributed by atoms with Gasteiger partial charge >= 0.3 is 5.97 Å². The molecule has 0 saturated carbocycles. The van der Waals surface area contributed by atoms with Crippen molar-refractivity contribution in [1.82, 2.24) is 0 Å². The number of amides is 2. The van der Waals surface area contributed by atoms with Gasteiger partial charge in [-0.25, -0.2) is 0 Å². The minimum Gasteiger partial charge on any atom is -0.465 e. The van der Waals surface area contributed by atoms with E-state index in [9.17, 15) is 14.4 Å². The van der Waals surface area contributed by atoms with Crippen LogP contribution in [0.4, 0.5) is 11.4 Å². The first-order valence-corrected chi connectivity index (χ1v) is 10.1. The normalized spacial score (nSPS) is 10.2. The highest BCUT2D eigenvalue weighted by atomic mass is 16.5. The summed E-state index contributed by atoms with van der Waals surface area (Å²) < 4.78 is 5.19. The summed E-state index contributed by atoms with van der Waals surface area (Å²) in [6, 6.07) is 25.5. The van der Waals surface area contributed by atoms with Crippen LogP contribution in [0.15, 0.2) is 84.9 Å². The second-order valence-electron chi connectivity index (χ2n) is 6.91. The summed E-state index contributed by atoms with van der Waals surface area (Å²) in [4.78, 5) is 36.3. The molecule has 0 aliphatic heterocycles. The molecule has 0 atom stereocenters. The Kier molecular flexibility index (Phi) is 7.94. The Morgan fingerprint density at radius 1 is 0.710 bits per heavy atom. The topological polar surface area (TPSA) is 84.5 Å². The SMILES string of the molecule is O=C(CCC(=O)OCCc1ccccc1)Nc1cccc(NC(=O)c2ccccc2)c1. The zero-order valence-corrected chi connectivity index (χ0v) is 17.0. The third-order valence-corrected chi connectivity index (χ3v) is 4.49. The molecular formula is C25H24N2O4. The van der Waals surface area contributed by atoms with Crippen LogP contribution in [0.2, 0.25) is 0 Å². The highest BCUT2D eigenvalue weighted by Crippen LogP contribution is 2.16. The summed E-state index contributed by atoms with van der Waals surface area (Å²) >= 11 is 0. The van der Waals surface area contributed by atoms with Crippen LogP contribution in [0.5, 0.6) is 0 Å². The molecule has 2 amide bonds. The van der Waals surface area contributed by atoms with Gasteiger partial charge in [-0.3, -0.25) is 14.4 Å². The molecule has 0 aliphatic rings. The van der Waals surface area contributed by atoms with Crippen molar-refractivity contribution >= 4 is 29.2 Å². The maximum atomic E-state index is 12.3. The number of benzene rings is 3. The lowest BCUT2D eigenvalue weighted by molar-refractivity contribution is -0.144. The second-order valence-corrected chi connectivity index (χ2v) is 6.91. The van der Waals surface area contributed by atoms with E-state index in [-0.39, 0.29) is 31.3 Å². The maximum absolute atomic E-state index is 12.3. The number of carbonyl (C=O) groups excluding carboxylic acids is 3. The van der Waals surface area contributed by atoms with Crippen molar-refractivity contribution in [3.8, 4) is 0 Å². The summed E-state index contributed by atoms with van der Waals surface area (Å²) in [5.74, 6) is -0.941. The highest BCUT2D eigenvalue weighted by molar-refractivity contribution is 6.04. The monoisotopic (exact) mass is 416 g/mol. The molecule has 3 rings (SSSR count). The van der Waals surface area contributed by atoms with Crippen molar-refractivity contribution in [3.05, 3.63) is 96.1 Å². The Morgan fingerprint density at radius 3 is 2.06 bits per heavy atom. The van der Waals surface area contributed by atoms with E-state index in [0.717, 1.165) is 5.56 Å². The van der Waals surface area contributed by atoms with Gasteiger partial charge in [-0.15, -0.1) is 0 Å². The molecule has 0 spiro atoms. The number of esters is 1. The molecule has 2 N–H and O–H groups in total. The predicted molar refractivity (Wildman–Crippen MR) is 120 cm³/mol. The van der Waals surface area contributed by atoms with E-state index < -0.39 is 5.97 Å². The van der Waals surface area contributed by atoms with Crippen molar-refractivity contribution < 1.29 is 19.1 Å². The van der Waals surface area contributed by atoms with Crippen molar-refractivity contribution in [3.63, 3.8) is 0 Å². The minimum absolute atomic E-state index is 0.00502. The van der Waals surface area contributed by atoms with Crippen LogP contribution >= 0.6 is 0 Å². The van der Waals surface area contributed by atoms with Crippen LogP contribution in [-0.2, 0) is 20.7 Å². The molecule has 31 heavy (non-hydrogen) atoms. The van der Waals surface area contributed by atoms with Crippen LogP contribution in [0.3, 0.4) is 0 Å². The fraction of sp³-hybridized carbons (Fsp3) is 0.160. The first-order valence-electron chi connectivity index (χ1n) is 10.1. The van der Waals surface area contributed by atoms with E-state index in [0.29, 0.717) is 23.4 Å².